The number of benzene rings is 2. The highest BCUT2D eigenvalue weighted by Gasteiger charge is 2.10. The summed E-state index contributed by atoms with van der Waals surface area (Å²) in [5.74, 6) is 1.56. The maximum atomic E-state index is 12.2. The molecular weight excluding hydrogens is 378 g/mol. The number of rotatable bonds is 10. The summed E-state index contributed by atoms with van der Waals surface area (Å²) in [6.45, 7) is 5.74. The minimum atomic E-state index is 0.0294. The molecule has 2 aromatic carbocycles. The molecule has 6 heteroatoms. The van der Waals surface area contributed by atoms with Gasteiger partial charge in [0, 0.05) is 25.8 Å². The number of carbonyl (C=O) groups excluding carboxylic acids is 1. The van der Waals surface area contributed by atoms with Crippen LogP contribution < -0.4 is 15.0 Å². The van der Waals surface area contributed by atoms with Crippen LogP contribution >= 0.6 is 0 Å². The molecule has 1 aromatic heterocycles. The smallest absolute Gasteiger partial charge is 0.224 e. The average Bonchev–Trinajstić information content (AvgIpc) is 3.08. The van der Waals surface area contributed by atoms with Gasteiger partial charge in [0.25, 0.3) is 0 Å². The molecule has 30 heavy (non-hydrogen) atoms. The number of para-hydroxylation sites is 1. The van der Waals surface area contributed by atoms with E-state index in [9.17, 15) is 4.79 Å². The van der Waals surface area contributed by atoms with E-state index < -0.39 is 0 Å². The SMILES string of the molecule is Cc1noc(C)c1COc1ccc(CC(=O)NCCCN(C)c2ccccc2)cc1. The van der Waals surface area contributed by atoms with E-state index in [2.05, 4.69) is 34.6 Å². The van der Waals surface area contributed by atoms with Crippen molar-refractivity contribution in [1.29, 1.82) is 0 Å². The number of aromatic nitrogens is 1. The monoisotopic (exact) mass is 407 g/mol. The fraction of sp³-hybridized carbons (Fsp3) is 0.333. The molecule has 1 heterocycles. The highest BCUT2D eigenvalue weighted by atomic mass is 16.5. The van der Waals surface area contributed by atoms with Crippen molar-refractivity contribution < 1.29 is 14.1 Å². The Bertz CT molecular complexity index is 917. The number of ether oxygens (including phenoxy) is 1. The number of aryl methyl sites for hydroxylation is 2. The van der Waals surface area contributed by atoms with Crippen molar-refractivity contribution in [2.45, 2.75) is 33.3 Å². The molecule has 0 radical (unpaired) electrons. The van der Waals surface area contributed by atoms with Crippen LogP contribution in [0.5, 0.6) is 5.75 Å². The zero-order valence-corrected chi connectivity index (χ0v) is 17.9. The van der Waals surface area contributed by atoms with Gasteiger partial charge >= 0.3 is 0 Å². The molecule has 0 bridgehead atoms. The minimum Gasteiger partial charge on any atom is -0.489 e. The molecule has 1 amide bonds. The van der Waals surface area contributed by atoms with Crippen molar-refractivity contribution in [1.82, 2.24) is 10.5 Å². The Kier molecular flexibility index (Phi) is 7.49. The predicted molar refractivity (Wildman–Crippen MR) is 118 cm³/mol. The molecule has 0 atom stereocenters. The molecule has 0 fully saturated rings. The van der Waals surface area contributed by atoms with Crippen LogP contribution in [-0.2, 0) is 17.8 Å². The van der Waals surface area contributed by atoms with Crippen LogP contribution in [-0.4, -0.2) is 31.2 Å². The number of anilines is 1. The third-order valence-electron chi connectivity index (χ3n) is 5.04. The highest BCUT2D eigenvalue weighted by Crippen LogP contribution is 2.18. The van der Waals surface area contributed by atoms with E-state index in [1.165, 1.54) is 5.69 Å². The Morgan fingerprint density at radius 2 is 1.83 bits per heavy atom. The van der Waals surface area contributed by atoms with E-state index in [0.717, 1.165) is 41.3 Å². The van der Waals surface area contributed by atoms with E-state index in [0.29, 0.717) is 19.6 Å². The predicted octanol–water partition coefficient (Wildman–Crippen LogP) is 4.06. The second kappa shape index (κ2) is 10.5. The zero-order valence-electron chi connectivity index (χ0n) is 17.9. The molecule has 0 unspecified atom stereocenters. The van der Waals surface area contributed by atoms with Crippen molar-refractivity contribution in [2.24, 2.45) is 0 Å². The van der Waals surface area contributed by atoms with Crippen LogP contribution in [0.3, 0.4) is 0 Å². The van der Waals surface area contributed by atoms with Crippen LogP contribution in [0.2, 0.25) is 0 Å². The van der Waals surface area contributed by atoms with Crippen LogP contribution in [0, 0.1) is 13.8 Å². The summed E-state index contributed by atoms with van der Waals surface area (Å²) >= 11 is 0. The Hall–Kier alpha value is -3.28. The van der Waals surface area contributed by atoms with Crippen LogP contribution in [0.15, 0.2) is 59.1 Å². The number of amides is 1. The first-order valence-electron chi connectivity index (χ1n) is 10.2. The number of nitrogens with zero attached hydrogens (tertiary/aromatic N) is 2. The second-order valence-electron chi connectivity index (χ2n) is 7.37. The van der Waals surface area contributed by atoms with E-state index in [-0.39, 0.29) is 5.91 Å². The van der Waals surface area contributed by atoms with Gasteiger partial charge in [-0.1, -0.05) is 35.5 Å². The number of hydrogen-bond acceptors (Lipinski definition) is 5. The summed E-state index contributed by atoms with van der Waals surface area (Å²) < 4.78 is 11.0. The standard InChI is InChI=1S/C24H29N3O3/c1-18-23(19(2)30-26-18)17-29-22-12-10-20(11-13-22)16-24(28)25-14-7-15-27(3)21-8-5-4-6-9-21/h4-6,8-13H,7,14-17H2,1-3H3,(H,25,28). The molecule has 0 saturated heterocycles. The Morgan fingerprint density at radius 1 is 1.10 bits per heavy atom. The lowest BCUT2D eigenvalue weighted by molar-refractivity contribution is -0.120. The van der Waals surface area contributed by atoms with E-state index >= 15 is 0 Å². The Morgan fingerprint density at radius 3 is 2.50 bits per heavy atom. The van der Waals surface area contributed by atoms with Crippen molar-refractivity contribution >= 4 is 11.6 Å². The molecule has 0 aliphatic heterocycles. The fourth-order valence-corrected chi connectivity index (χ4v) is 3.17. The van der Waals surface area contributed by atoms with Gasteiger partial charge in [-0.05, 0) is 50.1 Å². The molecule has 0 spiro atoms. The fourth-order valence-electron chi connectivity index (χ4n) is 3.17. The minimum absolute atomic E-state index is 0.0294. The van der Waals surface area contributed by atoms with Gasteiger partial charge in [0.2, 0.25) is 5.91 Å². The Balaban J connectivity index is 1.37. The largest absolute Gasteiger partial charge is 0.489 e. The van der Waals surface area contributed by atoms with Crippen LogP contribution in [0.1, 0.15) is 29.0 Å². The average molecular weight is 408 g/mol. The van der Waals surface area contributed by atoms with Crippen molar-refractivity contribution in [2.75, 3.05) is 25.0 Å². The number of hydrogen-bond donors (Lipinski definition) is 1. The van der Waals surface area contributed by atoms with Gasteiger partial charge in [-0.25, -0.2) is 0 Å². The summed E-state index contributed by atoms with van der Waals surface area (Å²) in [5.41, 5.74) is 3.95. The summed E-state index contributed by atoms with van der Waals surface area (Å²) in [6, 6.07) is 17.8. The molecule has 0 saturated carbocycles. The maximum Gasteiger partial charge on any atom is 0.224 e. The van der Waals surface area contributed by atoms with Gasteiger partial charge in [0.15, 0.2) is 0 Å². The van der Waals surface area contributed by atoms with Crippen LogP contribution in [0.25, 0.3) is 0 Å². The number of carbonyl (C=O) groups is 1. The molecule has 0 aliphatic rings. The summed E-state index contributed by atoms with van der Waals surface area (Å²) in [7, 11) is 2.06. The Labute approximate surface area is 177 Å². The molecule has 6 nitrogen and oxygen atoms in total. The third kappa shape index (κ3) is 6.11. The summed E-state index contributed by atoms with van der Waals surface area (Å²) in [4.78, 5) is 14.4. The second-order valence-corrected chi connectivity index (χ2v) is 7.37. The highest BCUT2D eigenvalue weighted by molar-refractivity contribution is 5.78. The first-order chi connectivity index (χ1) is 14.5. The molecule has 3 rings (SSSR count). The quantitative estimate of drug-likeness (QED) is 0.514. The van der Waals surface area contributed by atoms with E-state index in [1.807, 2.05) is 56.3 Å². The normalized spacial score (nSPS) is 10.6. The third-order valence-corrected chi connectivity index (χ3v) is 5.04. The van der Waals surface area contributed by atoms with Gasteiger partial charge in [0.05, 0.1) is 17.7 Å². The first-order valence-corrected chi connectivity index (χ1v) is 10.2. The zero-order chi connectivity index (χ0) is 21.3. The summed E-state index contributed by atoms with van der Waals surface area (Å²) in [5, 5.41) is 6.92. The van der Waals surface area contributed by atoms with Gasteiger partial charge in [-0.2, -0.15) is 0 Å². The molecule has 3 aromatic rings. The van der Waals surface area contributed by atoms with E-state index in [1.54, 1.807) is 0 Å². The number of nitrogens with one attached hydrogen (secondary N) is 1. The van der Waals surface area contributed by atoms with Gasteiger partial charge in [0.1, 0.15) is 18.1 Å². The molecule has 158 valence electrons. The van der Waals surface area contributed by atoms with Crippen molar-refractivity contribution in [3.8, 4) is 5.75 Å². The lowest BCUT2D eigenvalue weighted by atomic mass is 10.1. The molecule has 0 aliphatic carbocycles. The van der Waals surface area contributed by atoms with Crippen LogP contribution in [0.4, 0.5) is 5.69 Å². The van der Waals surface area contributed by atoms with E-state index in [4.69, 9.17) is 9.26 Å². The topological polar surface area (TPSA) is 67.6 Å². The van der Waals surface area contributed by atoms with Gasteiger partial charge in [-0.3, -0.25) is 4.79 Å². The van der Waals surface area contributed by atoms with Crippen molar-refractivity contribution in [3.63, 3.8) is 0 Å². The van der Waals surface area contributed by atoms with Gasteiger partial charge < -0.3 is 19.5 Å². The lowest BCUT2D eigenvalue weighted by Crippen LogP contribution is -2.29. The van der Waals surface area contributed by atoms with Crippen molar-refractivity contribution in [3.05, 3.63) is 77.2 Å². The first kappa shape index (κ1) is 21.4. The molecular formula is C24H29N3O3. The summed E-state index contributed by atoms with van der Waals surface area (Å²) in [6.07, 6.45) is 1.25. The van der Waals surface area contributed by atoms with Gasteiger partial charge in [-0.15, -0.1) is 0 Å². The lowest BCUT2D eigenvalue weighted by Gasteiger charge is -2.19. The maximum absolute atomic E-state index is 12.2. The molecule has 1 N–H and O–H groups in total.